The summed E-state index contributed by atoms with van der Waals surface area (Å²) in [6.45, 7) is -0.514. The highest BCUT2D eigenvalue weighted by Gasteiger charge is 2.61. The summed E-state index contributed by atoms with van der Waals surface area (Å²) in [4.78, 5) is 63.3. The number of hydrogen-bond donors (Lipinski definition) is 0. The van der Waals surface area contributed by atoms with Crippen molar-refractivity contribution in [2.24, 2.45) is 23.7 Å². The molecule has 3 aliphatic rings. The number of allylic oxidation sites excluding steroid dienone is 2. The molecule has 1 saturated carbocycles. The highest BCUT2D eigenvalue weighted by Crippen LogP contribution is 2.52. The van der Waals surface area contributed by atoms with Gasteiger partial charge < -0.3 is 0 Å². The first-order valence-corrected chi connectivity index (χ1v) is 10.6. The van der Waals surface area contributed by atoms with Crippen LogP contribution in [0.25, 0.3) is 0 Å². The van der Waals surface area contributed by atoms with Crippen LogP contribution in [0.3, 0.4) is 0 Å². The molecule has 2 aromatic carbocycles. The molecule has 2 aromatic rings. The van der Waals surface area contributed by atoms with Gasteiger partial charge in [0.25, 0.3) is 23.4 Å². The van der Waals surface area contributed by atoms with Crippen LogP contribution in [0, 0.1) is 33.8 Å². The van der Waals surface area contributed by atoms with E-state index in [2.05, 4.69) is 0 Å². The van der Waals surface area contributed by atoms with Crippen molar-refractivity contribution in [3.05, 3.63) is 88.0 Å². The van der Waals surface area contributed by atoms with E-state index >= 15 is 0 Å². The van der Waals surface area contributed by atoms with Gasteiger partial charge >= 0.3 is 0 Å². The van der Waals surface area contributed by atoms with Crippen molar-refractivity contribution < 1.29 is 24.1 Å². The normalized spacial score (nSPS) is 24.8. The largest absolute Gasteiger partial charge is 0.292 e. The number of ketones is 1. The van der Waals surface area contributed by atoms with Crippen molar-refractivity contribution in [1.82, 2.24) is 10.0 Å². The quantitative estimate of drug-likeness (QED) is 0.222. The van der Waals surface area contributed by atoms with E-state index in [4.69, 9.17) is 0 Å². The summed E-state index contributed by atoms with van der Waals surface area (Å²) in [5.74, 6) is -3.35. The molecule has 1 heterocycles. The minimum Gasteiger partial charge on any atom is -0.292 e. The summed E-state index contributed by atoms with van der Waals surface area (Å²) < 4.78 is 0. The van der Waals surface area contributed by atoms with Gasteiger partial charge in [-0.05, 0) is 30.4 Å². The van der Waals surface area contributed by atoms with Crippen molar-refractivity contribution in [1.29, 1.82) is 0 Å². The van der Waals surface area contributed by atoms with Crippen LogP contribution in [-0.2, 0) is 9.59 Å². The smallest absolute Gasteiger partial charge is 0.273 e. The predicted octanol–water partition coefficient (Wildman–Crippen LogP) is 2.64. The lowest BCUT2D eigenvalue weighted by atomic mass is 9.85. The number of nitrogens with zero attached hydrogens (tertiary/aromatic N) is 3. The van der Waals surface area contributed by atoms with Gasteiger partial charge in [0.15, 0.2) is 5.78 Å². The molecule has 1 saturated heterocycles. The first-order valence-electron chi connectivity index (χ1n) is 10.6. The Kier molecular flexibility index (Phi) is 4.88. The van der Waals surface area contributed by atoms with Crippen LogP contribution in [0.15, 0.2) is 66.7 Å². The molecule has 33 heavy (non-hydrogen) atoms. The number of hydrogen-bond acceptors (Lipinski definition) is 6. The van der Waals surface area contributed by atoms with E-state index < -0.39 is 46.8 Å². The number of fused-ring (bicyclic) bond motifs is 5. The Labute approximate surface area is 188 Å². The first kappa shape index (κ1) is 20.7. The Morgan fingerprint density at radius 2 is 1.48 bits per heavy atom. The van der Waals surface area contributed by atoms with E-state index in [9.17, 15) is 29.3 Å². The van der Waals surface area contributed by atoms with Gasteiger partial charge in [-0.25, -0.2) is 5.01 Å². The van der Waals surface area contributed by atoms with E-state index in [1.807, 2.05) is 12.2 Å². The molecular formula is C24H19N3O6. The zero-order chi connectivity index (χ0) is 23.3. The maximum Gasteiger partial charge on any atom is 0.273 e. The van der Waals surface area contributed by atoms with Crippen molar-refractivity contribution in [2.75, 3.05) is 6.54 Å². The predicted molar refractivity (Wildman–Crippen MR) is 114 cm³/mol. The lowest BCUT2D eigenvalue weighted by Gasteiger charge is -2.30. The summed E-state index contributed by atoms with van der Waals surface area (Å²) in [6.07, 6.45) is 4.62. The minimum atomic E-state index is -0.754. The van der Waals surface area contributed by atoms with Gasteiger partial charge in [0.05, 0.1) is 16.8 Å². The third-order valence-corrected chi connectivity index (χ3v) is 6.64. The van der Waals surface area contributed by atoms with Gasteiger partial charge in [0, 0.05) is 23.3 Å². The molecule has 1 aliphatic heterocycles. The van der Waals surface area contributed by atoms with Gasteiger partial charge in [-0.1, -0.05) is 42.5 Å². The summed E-state index contributed by atoms with van der Waals surface area (Å²) in [5.41, 5.74) is 0.157. The number of benzene rings is 2. The second kappa shape index (κ2) is 7.77. The number of carbonyl (C=O) groups excluding carboxylic acids is 4. The fourth-order valence-electron chi connectivity index (χ4n) is 5.08. The molecule has 0 radical (unpaired) electrons. The van der Waals surface area contributed by atoms with Crippen molar-refractivity contribution >= 4 is 29.2 Å². The maximum atomic E-state index is 13.4. The number of amides is 3. The van der Waals surface area contributed by atoms with E-state index in [0.717, 1.165) is 28.6 Å². The van der Waals surface area contributed by atoms with Crippen molar-refractivity contribution in [3.63, 3.8) is 0 Å². The fraction of sp³-hybridized carbons (Fsp3) is 0.250. The van der Waals surface area contributed by atoms with Crippen LogP contribution < -0.4 is 0 Å². The third kappa shape index (κ3) is 3.32. The molecule has 2 aliphatic carbocycles. The summed E-state index contributed by atoms with van der Waals surface area (Å²) >= 11 is 0. The number of hydrazine groups is 1. The molecule has 5 rings (SSSR count). The Morgan fingerprint density at radius 1 is 0.909 bits per heavy atom. The van der Waals surface area contributed by atoms with E-state index in [1.54, 1.807) is 30.3 Å². The number of nitro benzene ring substituents is 1. The van der Waals surface area contributed by atoms with Crippen molar-refractivity contribution in [2.45, 2.75) is 6.42 Å². The monoisotopic (exact) mass is 445 g/mol. The van der Waals surface area contributed by atoms with Crippen LogP contribution in [0.5, 0.6) is 0 Å². The van der Waals surface area contributed by atoms with Crippen LogP contribution in [-0.4, -0.2) is 45.0 Å². The molecule has 0 N–H and O–H groups in total. The Morgan fingerprint density at radius 3 is 2.03 bits per heavy atom. The molecular weight excluding hydrogens is 426 g/mol. The van der Waals surface area contributed by atoms with Gasteiger partial charge in [-0.2, -0.15) is 5.01 Å². The number of non-ortho nitro benzene ring substituents is 1. The average molecular weight is 445 g/mol. The number of nitro groups is 1. The zero-order valence-electron chi connectivity index (χ0n) is 17.4. The molecule has 166 valence electrons. The fourth-order valence-corrected chi connectivity index (χ4v) is 5.08. The molecule has 3 amide bonds. The average Bonchev–Trinajstić information content (AvgIpc) is 3.51. The molecule has 9 nitrogen and oxygen atoms in total. The van der Waals surface area contributed by atoms with Gasteiger partial charge in [0.1, 0.15) is 6.54 Å². The highest BCUT2D eigenvalue weighted by molar-refractivity contribution is 6.10. The third-order valence-electron chi connectivity index (χ3n) is 6.64. The topological polar surface area (TPSA) is 118 Å². The second-order valence-electron chi connectivity index (χ2n) is 8.44. The number of rotatable bonds is 6. The van der Waals surface area contributed by atoms with E-state index in [0.29, 0.717) is 5.56 Å². The van der Waals surface area contributed by atoms with E-state index in [-0.39, 0.29) is 23.1 Å². The molecule has 0 aromatic heterocycles. The van der Waals surface area contributed by atoms with Gasteiger partial charge in [-0.3, -0.25) is 29.3 Å². The SMILES string of the molecule is O=C(CN(C(=O)c1ccc([N+](=O)[O-])cc1)N1C(=O)C2C3C=CC(C3)C2C1=O)c1ccccc1. The molecule has 4 atom stereocenters. The Hall–Kier alpha value is -4.14. The standard InChI is InChI=1S/C24H19N3O6/c28-19(14-4-2-1-3-5-14)13-25(22(29)15-8-10-18(11-9-15)27(32)33)26-23(30)20-16-6-7-17(12-16)21(20)24(26)31/h1-11,16-17,20-21H,12-13H2. The second-order valence-corrected chi connectivity index (χ2v) is 8.44. The lowest BCUT2D eigenvalue weighted by molar-refractivity contribution is -0.384. The van der Waals surface area contributed by atoms with Crippen LogP contribution in [0.1, 0.15) is 27.1 Å². The number of Topliss-reactive ketones (excluding diaryl/α,β-unsaturated/α-hetero) is 1. The van der Waals surface area contributed by atoms with Crippen molar-refractivity contribution in [3.8, 4) is 0 Å². The Balaban J connectivity index is 1.49. The van der Waals surface area contributed by atoms with E-state index in [1.165, 1.54) is 12.1 Å². The van der Waals surface area contributed by atoms with Gasteiger partial charge in [0.2, 0.25) is 0 Å². The van der Waals surface area contributed by atoms with Gasteiger partial charge in [-0.15, -0.1) is 0 Å². The first-order chi connectivity index (χ1) is 15.9. The summed E-state index contributed by atoms with van der Waals surface area (Å²) in [7, 11) is 0. The van der Waals surface area contributed by atoms with Crippen LogP contribution in [0.2, 0.25) is 0 Å². The highest BCUT2D eigenvalue weighted by atomic mass is 16.6. The van der Waals surface area contributed by atoms with Crippen LogP contribution >= 0.6 is 0 Å². The maximum absolute atomic E-state index is 13.4. The number of imide groups is 1. The molecule has 4 unspecified atom stereocenters. The minimum absolute atomic E-state index is 0.0280. The zero-order valence-corrected chi connectivity index (χ0v) is 17.4. The summed E-state index contributed by atoms with van der Waals surface area (Å²) in [6, 6.07) is 13.1. The van der Waals surface area contributed by atoms with Crippen LogP contribution in [0.4, 0.5) is 5.69 Å². The lowest BCUT2D eigenvalue weighted by Crippen LogP contribution is -2.52. The Bertz CT molecular complexity index is 1180. The molecule has 2 bridgehead atoms. The molecule has 2 fully saturated rings. The molecule has 0 spiro atoms. The number of carbonyl (C=O) groups is 4. The summed E-state index contributed by atoms with van der Waals surface area (Å²) in [5, 5.41) is 12.7. The molecule has 9 heteroatoms.